The molecule has 2 atom stereocenters. The minimum Gasteiger partial charge on any atom is -0.395 e. The standard InChI is InChI=1S/C15H20N2O/c16-10-14(13-6-2-1-3-7-13)11-17-9-5-4-8-15(17)12-18/h1-3,6-7,14-15,18H,4-5,8-9,11-12H2. The number of hydrogen-bond donors (Lipinski definition) is 1. The van der Waals surface area contributed by atoms with Gasteiger partial charge in [-0.15, -0.1) is 0 Å². The van der Waals surface area contributed by atoms with Gasteiger partial charge in [-0.3, -0.25) is 4.90 Å². The molecule has 1 aromatic rings. The van der Waals surface area contributed by atoms with Crippen LogP contribution in [0.5, 0.6) is 0 Å². The second kappa shape index (κ2) is 6.53. The van der Waals surface area contributed by atoms with Crippen molar-refractivity contribution in [3.05, 3.63) is 35.9 Å². The van der Waals surface area contributed by atoms with Gasteiger partial charge in [-0.2, -0.15) is 5.26 Å². The summed E-state index contributed by atoms with van der Waals surface area (Å²) in [5.41, 5.74) is 1.07. The molecular weight excluding hydrogens is 224 g/mol. The molecule has 1 heterocycles. The molecule has 3 nitrogen and oxygen atoms in total. The highest BCUT2D eigenvalue weighted by atomic mass is 16.3. The van der Waals surface area contributed by atoms with Crippen molar-refractivity contribution in [1.29, 1.82) is 5.26 Å². The Balaban J connectivity index is 2.04. The maximum absolute atomic E-state index is 9.39. The molecule has 1 aliphatic rings. The molecule has 1 aliphatic heterocycles. The molecule has 0 radical (unpaired) electrons. The van der Waals surface area contributed by atoms with E-state index in [-0.39, 0.29) is 18.6 Å². The monoisotopic (exact) mass is 244 g/mol. The minimum absolute atomic E-state index is 0.0988. The van der Waals surface area contributed by atoms with E-state index in [2.05, 4.69) is 11.0 Å². The molecule has 3 heteroatoms. The third-order valence-electron chi connectivity index (χ3n) is 3.73. The van der Waals surface area contributed by atoms with Gasteiger partial charge >= 0.3 is 0 Å². The highest BCUT2D eigenvalue weighted by Gasteiger charge is 2.24. The van der Waals surface area contributed by atoms with Crippen LogP contribution in [0.25, 0.3) is 0 Å². The maximum atomic E-state index is 9.39. The SMILES string of the molecule is N#CC(CN1CCCCC1CO)c1ccccc1. The van der Waals surface area contributed by atoms with Gasteiger partial charge in [0.15, 0.2) is 0 Å². The van der Waals surface area contributed by atoms with E-state index in [1.54, 1.807) is 0 Å². The van der Waals surface area contributed by atoms with Gasteiger partial charge in [0.25, 0.3) is 0 Å². The smallest absolute Gasteiger partial charge is 0.0839 e. The molecule has 1 N–H and O–H groups in total. The van der Waals surface area contributed by atoms with Crippen molar-refractivity contribution in [2.45, 2.75) is 31.2 Å². The van der Waals surface area contributed by atoms with E-state index in [4.69, 9.17) is 0 Å². The van der Waals surface area contributed by atoms with Crippen LogP contribution < -0.4 is 0 Å². The molecule has 2 unspecified atom stereocenters. The average molecular weight is 244 g/mol. The number of likely N-dealkylation sites (tertiary alicyclic amines) is 1. The summed E-state index contributed by atoms with van der Waals surface area (Å²) in [5.74, 6) is -0.0988. The summed E-state index contributed by atoms with van der Waals surface area (Å²) >= 11 is 0. The molecule has 0 bridgehead atoms. The van der Waals surface area contributed by atoms with Crippen LogP contribution in [0.15, 0.2) is 30.3 Å². The molecule has 0 amide bonds. The summed E-state index contributed by atoms with van der Waals surface area (Å²) in [6.07, 6.45) is 3.40. The fraction of sp³-hybridized carbons (Fsp3) is 0.533. The van der Waals surface area contributed by atoms with E-state index in [0.29, 0.717) is 0 Å². The Kier molecular flexibility index (Phi) is 4.74. The average Bonchev–Trinajstić information content (AvgIpc) is 2.46. The largest absolute Gasteiger partial charge is 0.395 e. The predicted molar refractivity (Wildman–Crippen MR) is 71.1 cm³/mol. The van der Waals surface area contributed by atoms with Gasteiger partial charge < -0.3 is 5.11 Å². The molecule has 2 rings (SSSR count). The molecule has 0 spiro atoms. The van der Waals surface area contributed by atoms with E-state index in [1.807, 2.05) is 30.3 Å². The van der Waals surface area contributed by atoms with E-state index in [0.717, 1.165) is 25.1 Å². The predicted octanol–water partition coefficient (Wildman–Crippen LogP) is 2.14. The Bertz CT molecular complexity index is 399. The number of nitrogens with zero attached hydrogens (tertiary/aromatic N) is 2. The molecule has 96 valence electrons. The van der Waals surface area contributed by atoms with E-state index in [1.165, 1.54) is 12.8 Å². The van der Waals surface area contributed by atoms with Crippen LogP contribution in [0, 0.1) is 11.3 Å². The van der Waals surface area contributed by atoms with Crippen LogP contribution in [0.4, 0.5) is 0 Å². The van der Waals surface area contributed by atoms with Crippen molar-refractivity contribution in [3.8, 4) is 6.07 Å². The van der Waals surface area contributed by atoms with Crippen molar-refractivity contribution >= 4 is 0 Å². The van der Waals surface area contributed by atoms with Gasteiger partial charge in [0.1, 0.15) is 0 Å². The highest BCUT2D eigenvalue weighted by molar-refractivity contribution is 5.25. The zero-order valence-corrected chi connectivity index (χ0v) is 10.6. The summed E-state index contributed by atoms with van der Waals surface area (Å²) in [6.45, 7) is 1.93. The first kappa shape index (κ1) is 13.1. The van der Waals surface area contributed by atoms with Crippen molar-refractivity contribution in [2.24, 2.45) is 0 Å². The van der Waals surface area contributed by atoms with Gasteiger partial charge in [-0.05, 0) is 24.9 Å². The molecule has 0 aliphatic carbocycles. The first-order chi connectivity index (χ1) is 8.85. The van der Waals surface area contributed by atoms with Crippen molar-refractivity contribution < 1.29 is 5.11 Å². The van der Waals surface area contributed by atoms with Crippen LogP contribution in [0.3, 0.4) is 0 Å². The third kappa shape index (κ3) is 3.10. The third-order valence-corrected chi connectivity index (χ3v) is 3.73. The minimum atomic E-state index is -0.0988. The fourth-order valence-corrected chi connectivity index (χ4v) is 2.65. The quantitative estimate of drug-likeness (QED) is 0.882. The van der Waals surface area contributed by atoms with Crippen LogP contribution in [-0.2, 0) is 0 Å². The number of aliphatic hydroxyl groups is 1. The summed E-state index contributed by atoms with van der Waals surface area (Å²) in [5, 5.41) is 18.7. The van der Waals surface area contributed by atoms with Crippen molar-refractivity contribution in [2.75, 3.05) is 19.7 Å². The normalized spacial score (nSPS) is 22.3. The highest BCUT2D eigenvalue weighted by Crippen LogP contribution is 2.22. The van der Waals surface area contributed by atoms with E-state index in [9.17, 15) is 10.4 Å². The molecule has 1 saturated heterocycles. The van der Waals surface area contributed by atoms with Gasteiger partial charge in [-0.25, -0.2) is 0 Å². The second-order valence-corrected chi connectivity index (χ2v) is 4.92. The van der Waals surface area contributed by atoms with E-state index < -0.39 is 0 Å². The lowest BCUT2D eigenvalue weighted by molar-refractivity contribution is 0.0885. The van der Waals surface area contributed by atoms with Gasteiger partial charge in [0.2, 0.25) is 0 Å². The van der Waals surface area contributed by atoms with Gasteiger partial charge in [0.05, 0.1) is 18.6 Å². The van der Waals surface area contributed by atoms with Crippen LogP contribution in [-0.4, -0.2) is 35.7 Å². The Morgan fingerprint density at radius 3 is 2.78 bits per heavy atom. The Morgan fingerprint density at radius 1 is 1.33 bits per heavy atom. The molecule has 0 saturated carbocycles. The molecule has 1 fully saturated rings. The van der Waals surface area contributed by atoms with Crippen molar-refractivity contribution in [3.63, 3.8) is 0 Å². The lowest BCUT2D eigenvalue weighted by atomic mass is 9.96. The first-order valence-electron chi connectivity index (χ1n) is 6.64. The van der Waals surface area contributed by atoms with Gasteiger partial charge in [0, 0.05) is 12.6 Å². The summed E-state index contributed by atoms with van der Waals surface area (Å²) in [4.78, 5) is 2.27. The number of benzene rings is 1. The summed E-state index contributed by atoms with van der Waals surface area (Å²) < 4.78 is 0. The fourth-order valence-electron chi connectivity index (χ4n) is 2.65. The number of aliphatic hydroxyl groups excluding tert-OH is 1. The Hall–Kier alpha value is -1.37. The second-order valence-electron chi connectivity index (χ2n) is 4.92. The van der Waals surface area contributed by atoms with Crippen LogP contribution >= 0.6 is 0 Å². The zero-order chi connectivity index (χ0) is 12.8. The van der Waals surface area contributed by atoms with E-state index >= 15 is 0 Å². The maximum Gasteiger partial charge on any atom is 0.0839 e. The van der Waals surface area contributed by atoms with Crippen LogP contribution in [0.2, 0.25) is 0 Å². The lowest BCUT2D eigenvalue weighted by Crippen LogP contribution is -2.43. The zero-order valence-electron chi connectivity index (χ0n) is 10.6. The first-order valence-corrected chi connectivity index (χ1v) is 6.64. The Labute approximate surface area is 109 Å². The van der Waals surface area contributed by atoms with Crippen LogP contribution in [0.1, 0.15) is 30.7 Å². The number of rotatable bonds is 4. The summed E-state index contributed by atoms with van der Waals surface area (Å²) in [6, 6.07) is 12.5. The summed E-state index contributed by atoms with van der Waals surface area (Å²) in [7, 11) is 0. The number of piperidine rings is 1. The molecule has 0 aromatic heterocycles. The lowest BCUT2D eigenvalue weighted by Gasteiger charge is -2.35. The number of hydrogen-bond acceptors (Lipinski definition) is 3. The Morgan fingerprint density at radius 2 is 2.11 bits per heavy atom. The molecule has 1 aromatic carbocycles. The number of nitriles is 1. The van der Waals surface area contributed by atoms with Gasteiger partial charge in [-0.1, -0.05) is 36.8 Å². The molecule has 18 heavy (non-hydrogen) atoms. The molecular formula is C15H20N2O. The van der Waals surface area contributed by atoms with Crippen molar-refractivity contribution in [1.82, 2.24) is 4.90 Å². The topological polar surface area (TPSA) is 47.3 Å².